The zero-order chi connectivity index (χ0) is 24.0. The van der Waals surface area contributed by atoms with Crippen molar-refractivity contribution >= 4 is 16.1 Å². The van der Waals surface area contributed by atoms with E-state index in [2.05, 4.69) is 5.32 Å². The summed E-state index contributed by atoms with van der Waals surface area (Å²) in [6.07, 6.45) is 0.362. The first-order valence-electron chi connectivity index (χ1n) is 11.5. The van der Waals surface area contributed by atoms with E-state index in [4.69, 9.17) is 14.2 Å². The van der Waals surface area contributed by atoms with Gasteiger partial charge in [-0.2, -0.15) is 4.31 Å². The minimum absolute atomic E-state index is 0.00464. The van der Waals surface area contributed by atoms with Crippen LogP contribution in [0.1, 0.15) is 32.3 Å². The molecule has 9 nitrogen and oxygen atoms in total. The first kappa shape index (κ1) is 25.9. The predicted octanol–water partition coefficient (Wildman–Crippen LogP) is 1.75. The molecule has 1 aromatic carbocycles. The molecule has 3 rings (SSSR count). The van der Waals surface area contributed by atoms with Crippen LogP contribution in [0.2, 0.25) is 0 Å². The number of hydrogen-bond donors (Lipinski definition) is 2. The Morgan fingerprint density at radius 2 is 2.00 bits per heavy atom. The van der Waals surface area contributed by atoms with Crippen LogP contribution in [0.15, 0.2) is 30.3 Å². The molecule has 1 amide bonds. The summed E-state index contributed by atoms with van der Waals surface area (Å²) in [4.78, 5) is 12.7. The molecular formula is C23H36N2O7S. The molecule has 2 aliphatic heterocycles. The van der Waals surface area contributed by atoms with Gasteiger partial charge in [0.1, 0.15) is 6.10 Å². The van der Waals surface area contributed by atoms with Crippen LogP contribution in [-0.2, 0) is 30.7 Å². The number of aliphatic hydroxyl groups is 1. The summed E-state index contributed by atoms with van der Waals surface area (Å²) in [5.74, 6) is 0.321. The highest BCUT2D eigenvalue weighted by molar-refractivity contribution is 7.88. The van der Waals surface area contributed by atoms with Crippen molar-refractivity contribution in [1.82, 2.24) is 9.62 Å². The van der Waals surface area contributed by atoms with Crippen molar-refractivity contribution in [2.24, 2.45) is 11.8 Å². The second-order valence-electron chi connectivity index (χ2n) is 9.28. The second-order valence-corrected chi connectivity index (χ2v) is 11.3. The summed E-state index contributed by atoms with van der Waals surface area (Å²) >= 11 is 0. The molecule has 0 saturated carbocycles. The lowest BCUT2D eigenvalue weighted by Gasteiger charge is -2.29. The van der Waals surface area contributed by atoms with Gasteiger partial charge in [0.05, 0.1) is 37.5 Å². The number of alkyl carbamates (subject to hydrolysis) is 1. The van der Waals surface area contributed by atoms with E-state index >= 15 is 0 Å². The number of ether oxygens (including phenoxy) is 3. The average molecular weight is 485 g/mol. The fraction of sp³-hybridized carbons (Fsp3) is 0.696. The van der Waals surface area contributed by atoms with E-state index in [1.165, 1.54) is 4.31 Å². The zero-order valence-electron chi connectivity index (χ0n) is 19.6. The van der Waals surface area contributed by atoms with Gasteiger partial charge in [0, 0.05) is 13.1 Å². The van der Waals surface area contributed by atoms with Crippen LogP contribution in [0.25, 0.3) is 0 Å². The third-order valence-electron chi connectivity index (χ3n) is 6.13. The smallest absolute Gasteiger partial charge is 0.407 e. The Hall–Kier alpha value is -1.72. The number of sulfonamides is 1. The summed E-state index contributed by atoms with van der Waals surface area (Å²) in [5.41, 5.74) is 0.906. The number of nitrogens with one attached hydrogen (secondary N) is 1. The van der Waals surface area contributed by atoms with E-state index in [-0.39, 0.29) is 25.4 Å². The van der Waals surface area contributed by atoms with E-state index < -0.39 is 34.4 Å². The summed E-state index contributed by atoms with van der Waals surface area (Å²) in [6.45, 7) is 5.06. The topological polar surface area (TPSA) is 114 Å². The Morgan fingerprint density at radius 3 is 2.67 bits per heavy atom. The van der Waals surface area contributed by atoms with Gasteiger partial charge in [-0.1, -0.05) is 44.2 Å². The van der Waals surface area contributed by atoms with Gasteiger partial charge in [0.25, 0.3) is 0 Å². The molecule has 2 N–H and O–H groups in total. The lowest BCUT2D eigenvalue weighted by Crippen LogP contribution is -2.51. The van der Waals surface area contributed by atoms with Gasteiger partial charge in [-0.15, -0.1) is 0 Å². The van der Waals surface area contributed by atoms with Gasteiger partial charge in [0.2, 0.25) is 10.0 Å². The Morgan fingerprint density at radius 1 is 1.27 bits per heavy atom. The normalized spacial score (nSPS) is 24.6. The van der Waals surface area contributed by atoms with Crippen molar-refractivity contribution in [3.63, 3.8) is 0 Å². The first-order valence-corrected chi connectivity index (χ1v) is 13.4. The van der Waals surface area contributed by atoms with Crippen molar-refractivity contribution < 1.29 is 32.5 Å². The van der Waals surface area contributed by atoms with Crippen LogP contribution in [-0.4, -0.2) is 81.0 Å². The fourth-order valence-corrected chi connectivity index (χ4v) is 5.01. The molecule has 10 heteroatoms. The minimum atomic E-state index is -3.52. The van der Waals surface area contributed by atoms with Crippen LogP contribution < -0.4 is 5.32 Å². The number of rotatable bonds is 11. The molecule has 33 heavy (non-hydrogen) atoms. The number of benzene rings is 1. The van der Waals surface area contributed by atoms with Crippen LogP contribution in [0.4, 0.5) is 4.79 Å². The van der Waals surface area contributed by atoms with Crippen molar-refractivity contribution in [2.45, 2.75) is 57.6 Å². The van der Waals surface area contributed by atoms with Crippen molar-refractivity contribution in [1.29, 1.82) is 0 Å². The lowest BCUT2D eigenvalue weighted by molar-refractivity contribution is -0.0907. The van der Waals surface area contributed by atoms with E-state index in [1.807, 2.05) is 44.2 Å². The van der Waals surface area contributed by atoms with Gasteiger partial charge < -0.3 is 24.6 Å². The van der Waals surface area contributed by atoms with E-state index in [0.717, 1.165) is 18.2 Å². The quantitative estimate of drug-likeness (QED) is 0.492. The zero-order valence-corrected chi connectivity index (χ0v) is 20.4. The van der Waals surface area contributed by atoms with Gasteiger partial charge in [0.15, 0.2) is 6.29 Å². The van der Waals surface area contributed by atoms with Crippen LogP contribution >= 0.6 is 0 Å². The number of carbonyl (C=O) groups is 1. The van der Waals surface area contributed by atoms with E-state index in [0.29, 0.717) is 31.9 Å². The molecule has 2 saturated heterocycles. The number of carbonyl (C=O) groups excluding carboxylic acids is 1. The summed E-state index contributed by atoms with van der Waals surface area (Å²) in [5, 5.41) is 13.8. The molecule has 2 heterocycles. The maximum atomic E-state index is 12.7. The third kappa shape index (κ3) is 7.65. The molecule has 0 spiro atoms. The van der Waals surface area contributed by atoms with Crippen molar-refractivity contribution in [3.8, 4) is 0 Å². The van der Waals surface area contributed by atoms with Gasteiger partial charge >= 0.3 is 6.09 Å². The van der Waals surface area contributed by atoms with Crippen LogP contribution in [0.5, 0.6) is 0 Å². The number of hydrogen-bond acceptors (Lipinski definition) is 7. The standard InChI is InChI=1S/C23H36N2O7S/c1-16(2)9-11-25(33(3,28)29)14-20(26)19(13-17-7-5-4-6-8-17)24-23(27)32-21-15-31-22-18(21)10-12-30-22/h4-8,16,18-22,26H,9-15H2,1-3H3,(H,24,27)/t18?,19-,20+,21?,22?/m0/s1. The molecular weight excluding hydrogens is 448 g/mol. The maximum Gasteiger partial charge on any atom is 0.407 e. The molecule has 3 unspecified atom stereocenters. The van der Waals surface area contributed by atoms with Crippen molar-refractivity contribution in [2.75, 3.05) is 32.6 Å². The highest BCUT2D eigenvalue weighted by Crippen LogP contribution is 2.33. The first-order chi connectivity index (χ1) is 15.6. The second kappa shape index (κ2) is 11.6. The lowest BCUT2D eigenvalue weighted by atomic mass is 10.0. The number of nitrogens with zero attached hydrogens (tertiary/aromatic N) is 1. The Balaban J connectivity index is 1.67. The molecule has 0 radical (unpaired) electrons. The SMILES string of the molecule is CC(C)CCN(C[C@@H](O)[C@H](Cc1ccccc1)NC(=O)OC1COC2OCCC12)S(C)(=O)=O. The summed E-state index contributed by atoms with van der Waals surface area (Å²) in [7, 11) is -3.52. The Kier molecular flexibility index (Phi) is 9.11. The average Bonchev–Trinajstić information content (AvgIpc) is 3.35. The van der Waals surface area contributed by atoms with E-state index in [1.54, 1.807) is 0 Å². The maximum absolute atomic E-state index is 12.7. The molecule has 0 bridgehead atoms. The number of fused-ring (bicyclic) bond motifs is 1. The highest BCUT2D eigenvalue weighted by atomic mass is 32.2. The van der Waals surface area contributed by atoms with Gasteiger partial charge in [-0.25, -0.2) is 13.2 Å². The fourth-order valence-electron chi connectivity index (χ4n) is 4.15. The Labute approximate surface area is 196 Å². The molecule has 0 aromatic heterocycles. The highest BCUT2D eigenvalue weighted by Gasteiger charge is 2.44. The molecule has 1 aromatic rings. The molecule has 186 valence electrons. The molecule has 2 aliphatic rings. The molecule has 2 fully saturated rings. The molecule has 0 aliphatic carbocycles. The van der Waals surface area contributed by atoms with Crippen LogP contribution in [0, 0.1) is 11.8 Å². The third-order valence-corrected chi connectivity index (χ3v) is 7.39. The largest absolute Gasteiger partial charge is 0.443 e. The van der Waals surface area contributed by atoms with E-state index in [9.17, 15) is 18.3 Å². The summed E-state index contributed by atoms with van der Waals surface area (Å²) < 4.78 is 42.5. The number of aliphatic hydroxyl groups excluding tert-OH is 1. The monoisotopic (exact) mass is 484 g/mol. The van der Waals surface area contributed by atoms with Gasteiger partial charge in [-0.3, -0.25) is 0 Å². The number of amides is 1. The van der Waals surface area contributed by atoms with Crippen molar-refractivity contribution in [3.05, 3.63) is 35.9 Å². The van der Waals surface area contributed by atoms with Gasteiger partial charge in [-0.05, 0) is 30.7 Å². The summed E-state index contributed by atoms with van der Waals surface area (Å²) in [6, 6.07) is 8.68. The predicted molar refractivity (Wildman–Crippen MR) is 123 cm³/mol. The minimum Gasteiger partial charge on any atom is -0.443 e. The molecule has 5 atom stereocenters. The Bertz CT molecular complexity index is 865. The van der Waals surface area contributed by atoms with Crippen LogP contribution in [0.3, 0.4) is 0 Å².